The minimum absolute atomic E-state index is 0.293. The molecule has 1 aliphatic carbocycles. The standard InChI is InChI=1S/C30H37Cl2N7O3/c1-2-33-30-36-35-28(42-30)20-15-24(32)27(34-17-20)39-14-13-38(25-5-3-4-6-26(25)39)22-9-11-37(12-10-22)18-19-7-8-21(31)16-23(19)29(40)41/h7-8,15-17,22,25-26H,2-6,9-14,18H2,1H3,(H,33,36)(H,40,41)/t25-,26+/m1/s1. The van der Waals surface area contributed by atoms with Crippen molar-refractivity contribution in [1.82, 2.24) is 25.0 Å². The number of rotatable bonds is 8. The van der Waals surface area contributed by atoms with Gasteiger partial charge in [0, 0.05) is 55.5 Å². The molecule has 2 aromatic heterocycles. The summed E-state index contributed by atoms with van der Waals surface area (Å²) in [6, 6.07) is 8.80. The molecule has 2 N–H and O–H groups in total. The van der Waals surface area contributed by atoms with E-state index < -0.39 is 5.97 Å². The summed E-state index contributed by atoms with van der Waals surface area (Å²) in [5.41, 5.74) is 1.82. The van der Waals surface area contributed by atoms with Crippen molar-refractivity contribution in [3.05, 3.63) is 51.6 Å². The molecule has 0 amide bonds. The zero-order chi connectivity index (χ0) is 29.2. The van der Waals surface area contributed by atoms with Gasteiger partial charge in [-0.05, 0) is 69.5 Å². The summed E-state index contributed by atoms with van der Waals surface area (Å²) >= 11 is 12.9. The SMILES string of the molecule is CCNc1nnc(-c2cnc(N3CCN(C4CCN(Cc5ccc(Cl)cc5C(=O)O)CC4)[C@@H]4CCCC[C@@H]43)c(Cl)c2)o1. The third kappa shape index (κ3) is 6.08. The first-order chi connectivity index (χ1) is 20.4. The maximum atomic E-state index is 11.8. The van der Waals surface area contributed by atoms with Crippen LogP contribution in [0, 0.1) is 0 Å². The number of piperidine rings is 1. The summed E-state index contributed by atoms with van der Waals surface area (Å²) in [7, 11) is 0. The quantitative estimate of drug-likeness (QED) is 0.330. The lowest BCUT2D eigenvalue weighted by Gasteiger charge is -2.54. The molecule has 2 atom stereocenters. The first-order valence-electron chi connectivity index (χ1n) is 14.9. The number of benzene rings is 1. The average molecular weight is 615 g/mol. The number of aromatic carboxylic acids is 1. The van der Waals surface area contributed by atoms with Crippen molar-refractivity contribution < 1.29 is 14.3 Å². The Morgan fingerprint density at radius 3 is 2.57 bits per heavy atom. The van der Waals surface area contributed by atoms with Crippen LogP contribution in [0.3, 0.4) is 0 Å². The minimum atomic E-state index is -0.930. The molecule has 1 saturated carbocycles. The fourth-order valence-corrected chi connectivity index (χ4v) is 7.42. The second-order valence-electron chi connectivity index (χ2n) is 11.4. The van der Waals surface area contributed by atoms with Gasteiger partial charge < -0.3 is 19.7 Å². The van der Waals surface area contributed by atoms with Crippen LogP contribution >= 0.6 is 23.2 Å². The highest BCUT2D eigenvalue weighted by Crippen LogP contribution is 2.38. The number of pyridine rings is 1. The van der Waals surface area contributed by atoms with Crippen LogP contribution in [0.15, 0.2) is 34.9 Å². The summed E-state index contributed by atoms with van der Waals surface area (Å²) in [6.45, 7) is 7.05. The van der Waals surface area contributed by atoms with E-state index in [1.54, 1.807) is 18.3 Å². The fourth-order valence-electron chi connectivity index (χ4n) is 6.97. The largest absolute Gasteiger partial charge is 0.478 e. The molecular weight excluding hydrogens is 577 g/mol. The zero-order valence-electron chi connectivity index (χ0n) is 23.8. The predicted octanol–water partition coefficient (Wildman–Crippen LogP) is 5.67. The lowest BCUT2D eigenvalue weighted by atomic mass is 9.84. The summed E-state index contributed by atoms with van der Waals surface area (Å²) < 4.78 is 5.69. The highest BCUT2D eigenvalue weighted by Gasteiger charge is 2.42. The number of anilines is 2. The Morgan fingerprint density at radius 2 is 1.83 bits per heavy atom. The molecule has 3 fully saturated rings. The van der Waals surface area contributed by atoms with Gasteiger partial charge in [0.25, 0.3) is 5.89 Å². The Kier molecular flexibility index (Phi) is 8.85. The van der Waals surface area contributed by atoms with E-state index >= 15 is 0 Å². The molecule has 2 aliphatic heterocycles. The Bertz CT molecular complexity index is 1410. The number of carbonyl (C=O) groups is 1. The number of nitrogens with one attached hydrogen (secondary N) is 1. The minimum Gasteiger partial charge on any atom is -0.478 e. The van der Waals surface area contributed by atoms with E-state index in [-0.39, 0.29) is 0 Å². The molecule has 3 aliphatic rings. The Hall–Kier alpha value is -2.92. The molecule has 4 heterocycles. The molecule has 0 spiro atoms. The van der Waals surface area contributed by atoms with Gasteiger partial charge in [0.1, 0.15) is 5.82 Å². The molecule has 224 valence electrons. The molecule has 42 heavy (non-hydrogen) atoms. The van der Waals surface area contributed by atoms with Crippen LogP contribution in [0.25, 0.3) is 11.5 Å². The maximum Gasteiger partial charge on any atom is 0.336 e. The van der Waals surface area contributed by atoms with E-state index in [9.17, 15) is 9.90 Å². The van der Waals surface area contributed by atoms with Crippen molar-refractivity contribution in [3.63, 3.8) is 0 Å². The molecule has 2 saturated heterocycles. The van der Waals surface area contributed by atoms with Crippen LogP contribution in [-0.2, 0) is 6.54 Å². The molecule has 12 heteroatoms. The molecule has 3 aromatic rings. The van der Waals surface area contributed by atoms with Crippen molar-refractivity contribution in [2.45, 2.75) is 70.1 Å². The van der Waals surface area contributed by atoms with Crippen molar-refractivity contribution in [2.24, 2.45) is 0 Å². The third-order valence-electron chi connectivity index (χ3n) is 8.94. The number of hydrogen-bond acceptors (Lipinski definition) is 9. The van der Waals surface area contributed by atoms with Gasteiger partial charge in [-0.15, -0.1) is 5.10 Å². The monoisotopic (exact) mass is 613 g/mol. The number of hydrogen-bond donors (Lipinski definition) is 2. The van der Waals surface area contributed by atoms with Crippen LogP contribution in [-0.4, -0.2) is 86.9 Å². The zero-order valence-corrected chi connectivity index (χ0v) is 25.3. The van der Waals surface area contributed by atoms with Gasteiger partial charge >= 0.3 is 12.0 Å². The number of carboxylic acids is 1. The molecule has 10 nitrogen and oxygen atoms in total. The first kappa shape index (κ1) is 29.2. The lowest BCUT2D eigenvalue weighted by Crippen LogP contribution is -2.64. The normalized spacial score (nSPS) is 22.2. The Labute approximate surface area is 256 Å². The van der Waals surface area contributed by atoms with E-state index in [4.69, 9.17) is 32.6 Å². The first-order valence-corrected chi connectivity index (χ1v) is 15.7. The van der Waals surface area contributed by atoms with Crippen LogP contribution in [0.1, 0.15) is 61.4 Å². The van der Waals surface area contributed by atoms with E-state index in [1.807, 2.05) is 19.1 Å². The van der Waals surface area contributed by atoms with Crippen molar-refractivity contribution in [1.29, 1.82) is 0 Å². The smallest absolute Gasteiger partial charge is 0.336 e. The maximum absolute atomic E-state index is 11.8. The van der Waals surface area contributed by atoms with E-state index in [0.29, 0.717) is 64.3 Å². The Morgan fingerprint density at radius 1 is 1.05 bits per heavy atom. The third-order valence-corrected chi connectivity index (χ3v) is 9.45. The number of nitrogens with zero attached hydrogens (tertiary/aromatic N) is 6. The van der Waals surface area contributed by atoms with Crippen LogP contribution in [0.5, 0.6) is 0 Å². The van der Waals surface area contributed by atoms with Crippen molar-refractivity contribution in [3.8, 4) is 11.5 Å². The molecular formula is C30H37Cl2N7O3. The second-order valence-corrected chi connectivity index (χ2v) is 12.3. The Balaban J connectivity index is 1.12. The highest BCUT2D eigenvalue weighted by atomic mass is 35.5. The van der Waals surface area contributed by atoms with Gasteiger partial charge in [-0.3, -0.25) is 9.80 Å². The number of piperazine rings is 1. The van der Waals surface area contributed by atoms with Crippen molar-refractivity contribution in [2.75, 3.05) is 42.9 Å². The number of likely N-dealkylation sites (tertiary alicyclic amines) is 1. The van der Waals surface area contributed by atoms with Crippen molar-refractivity contribution >= 4 is 41.0 Å². The number of halogens is 2. The average Bonchev–Trinajstić information content (AvgIpc) is 3.47. The predicted molar refractivity (Wildman–Crippen MR) is 164 cm³/mol. The molecule has 0 bridgehead atoms. The molecule has 6 rings (SSSR count). The second kappa shape index (κ2) is 12.8. The molecule has 0 unspecified atom stereocenters. The van der Waals surface area contributed by atoms with E-state index in [1.165, 1.54) is 19.3 Å². The molecule has 0 radical (unpaired) electrons. The van der Waals surface area contributed by atoms with Gasteiger partial charge in [0.2, 0.25) is 0 Å². The molecule has 1 aromatic carbocycles. The van der Waals surface area contributed by atoms with Gasteiger partial charge in [-0.2, -0.15) is 0 Å². The number of fused-ring (bicyclic) bond motifs is 1. The van der Waals surface area contributed by atoms with E-state index in [2.05, 4.69) is 30.2 Å². The fraction of sp³-hybridized carbons (Fsp3) is 0.533. The lowest BCUT2D eigenvalue weighted by molar-refractivity contribution is 0.0299. The van der Waals surface area contributed by atoms with E-state index in [0.717, 1.165) is 56.8 Å². The topological polar surface area (TPSA) is 111 Å². The van der Waals surface area contributed by atoms with Gasteiger partial charge in [0.05, 0.1) is 16.1 Å². The summed E-state index contributed by atoms with van der Waals surface area (Å²) in [5, 5.41) is 21.9. The highest BCUT2D eigenvalue weighted by molar-refractivity contribution is 6.33. The summed E-state index contributed by atoms with van der Waals surface area (Å²) in [6.07, 6.45) is 8.69. The van der Waals surface area contributed by atoms with Gasteiger partial charge in [-0.25, -0.2) is 9.78 Å². The number of carboxylic acid groups (broad SMARTS) is 1. The van der Waals surface area contributed by atoms with Crippen LogP contribution in [0.2, 0.25) is 10.0 Å². The summed E-state index contributed by atoms with van der Waals surface area (Å²) in [4.78, 5) is 24.1. The van der Waals surface area contributed by atoms with Gasteiger partial charge in [-0.1, -0.05) is 47.2 Å². The summed E-state index contributed by atoms with van der Waals surface area (Å²) in [5.74, 6) is 0.296. The number of aromatic nitrogens is 3. The van der Waals surface area contributed by atoms with Crippen LogP contribution < -0.4 is 10.2 Å². The van der Waals surface area contributed by atoms with Crippen LogP contribution in [0.4, 0.5) is 11.8 Å². The van der Waals surface area contributed by atoms with Gasteiger partial charge in [0.15, 0.2) is 0 Å².